The molecule has 0 spiro atoms. The van der Waals surface area contributed by atoms with Crippen molar-refractivity contribution in [2.75, 3.05) is 6.61 Å². The Morgan fingerprint density at radius 2 is 1.75 bits per heavy atom. The first-order valence-electron chi connectivity index (χ1n) is 10.1. The molecule has 3 unspecified atom stereocenters. The molecule has 1 aliphatic heterocycles. The molecule has 1 heterocycles. The minimum absolute atomic E-state index is 0.0359. The Hall–Kier alpha value is -1.68. The van der Waals surface area contributed by atoms with Gasteiger partial charge in [0.25, 0.3) is 0 Å². The predicted molar refractivity (Wildman–Crippen MR) is 117 cm³/mol. The van der Waals surface area contributed by atoms with E-state index in [9.17, 15) is 5.11 Å². The van der Waals surface area contributed by atoms with E-state index in [0.29, 0.717) is 6.42 Å². The Bertz CT molecular complexity index is 746. The number of aliphatic hydroxyl groups excluding tert-OH is 2. The van der Waals surface area contributed by atoms with Crippen LogP contribution in [-0.2, 0) is 4.74 Å². The van der Waals surface area contributed by atoms with Gasteiger partial charge in [-0.2, -0.15) is 0 Å². The summed E-state index contributed by atoms with van der Waals surface area (Å²) in [7, 11) is 0. The Balaban J connectivity index is 2.04. The van der Waals surface area contributed by atoms with E-state index in [1.165, 1.54) is 5.57 Å². The van der Waals surface area contributed by atoms with Gasteiger partial charge in [-0.25, -0.2) is 0 Å². The molecule has 1 aliphatic carbocycles. The highest BCUT2D eigenvalue weighted by Gasteiger charge is 2.50. The largest absolute Gasteiger partial charge is 0.393 e. The maximum absolute atomic E-state index is 10.3. The zero-order valence-corrected chi connectivity index (χ0v) is 18.2. The van der Waals surface area contributed by atoms with Crippen LogP contribution in [-0.4, -0.2) is 34.6 Å². The van der Waals surface area contributed by atoms with E-state index in [4.69, 9.17) is 9.84 Å². The maximum atomic E-state index is 10.3. The van der Waals surface area contributed by atoms with Crippen molar-refractivity contribution < 1.29 is 14.9 Å². The van der Waals surface area contributed by atoms with Crippen LogP contribution in [0.5, 0.6) is 0 Å². The van der Waals surface area contributed by atoms with Gasteiger partial charge in [-0.3, -0.25) is 0 Å². The first-order chi connectivity index (χ1) is 13.1. The summed E-state index contributed by atoms with van der Waals surface area (Å²) in [5.74, 6) is 0. The molecule has 0 aromatic heterocycles. The van der Waals surface area contributed by atoms with Crippen LogP contribution in [0.2, 0.25) is 0 Å². The third-order valence-electron chi connectivity index (χ3n) is 5.64. The second-order valence-electron chi connectivity index (χ2n) is 9.03. The molecule has 0 amide bonds. The molecule has 2 aliphatic rings. The summed E-state index contributed by atoms with van der Waals surface area (Å²) in [5, 5.41) is 19.2. The normalized spacial score (nSPS) is 31.6. The van der Waals surface area contributed by atoms with Crippen molar-refractivity contribution in [1.29, 1.82) is 0 Å². The predicted octanol–water partition coefficient (Wildman–Crippen LogP) is 5.19. The molecule has 0 radical (unpaired) electrons. The van der Waals surface area contributed by atoms with Crippen molar-refractivity contribution in [2.45, 2.75) is 72.2 Å². The van der Waals surface area contributed by atoms with Crippen molar-refractivity contribution in [3.05, 3.63) is 70.9 Å². The zero-order valence-electron chi connectivity index (χ0n) is 18.2. The number of aliphatic hydroxyl groups is 2. The first-order valence-corrected chi connectivity index (χ1v) is 10.1. The van der Waals surface area contributed by atoms with Crippen LogP contribution >= 0.6 is 0 Å². The average Bonchev–Trinajstić information content (AvgIpc) is 2.96. The maximum Gasteiger partial charge on any atom is 0.0982 e. The molecule has 3 nitrogen and oxygen atoms in total. The average molecular weight is 385 g/mol. The molecule has 28 heavy (non-hydrogen) atoms. The number of allylic oxidation sites excluding steroid dienone is 8. The van der Waals surface area contributed by atoms with Gasteiger partial charge in [0.05, 0.1) is 24.4 Å². The van der Waals surface area contributed by atoms with E-state index in [1.54, 1.807) is 0 Å². The fourth-order valence-corrected chi connectivity index (χ4v) is 4.23. The van der Waals surface area contributed by atoms with Crippen molar-refractivity contribution in [3.63, 3.8) is 0 Å². The number of rotatable bonds is 6. The van der Waals surface area contributed by atoms with Crippen LogP contribution in [0, 0.1) is 5.41 Å². The van der Waals surface area contributed by atoms with Crippen LogP contribution in [0.25, 0.3) is 0 Å². The van der Waals surface area contributed by atoms with E-state index in [1.807, 2.05) is 31.2 Å². The third kappa shape index (κ3) is 5.66. The van der Waals surface area contributed by atoms with Gasteiger partial charge in [0.15, 0.2) is 0 Å². The Morgan fingerprint density at radius 1 is 1.07 bits per heavy atom. The minimum Gasteiger partial charge on any atom is -0.393 e. The molecule has 2 rings (SSSR count). The molecule has 0 saturated heterocycles. The highest BCUT2D eigenvalue weighted by Crippen LogP contribution is 2.51. The van der Waals surface area contributed by atoms with Crippen LogP contribution in [0.3, 0.4) is 0 Å². The fourth-order valence-electron chi connectivity index (χ4n) is 4.23. The number of fused-ring (bicyclic) bond motifs is 1. The van der Waals surface area contributed by atoms with Crippen LogP contribution < -0.4 is 0 Å². The molecule has 2 N–H and O–H groups in total. The van der Waals surface area contributed by atoms with Crippen molar-refractivity contribution in [3.8, 4) is 0 Å². The summed E-state index contributed by atoms with van der Waals surface area (Å²) in [4.78, 5) is 0. The van der Waals surface area contributed by atoms with Crippen molar-refractivity contribution in [2.24, 2.45) is 5.41 Å². The Kier molecular flexibility index (Phi) is 7.44. The molecule has 1 saturated carbocycles. The lowest BCUT2D eigenvalue weighted by atomic mass is 9.65. The Labute approximate surface area is 170 Å². The second kappa shape index (κ2) is 9.21. The zero-order chi connectivity index (χ0) is 20.9. The molecule has 1 fully saturated rings. The van der Waals surface area contributed by atoms with Crippen LogP contribution in [0.15, 0.2) is 70.9 Å². The molecular formula is C25H36O3. The monoisotopic (exact) mass is 384 g/mol. The summed E-state index contributed by atoms with van der Waals surface area (Å²) in [5.41, 5.74) is 4.16. The summed E-state index contributed by atoms with van der Waals surface area (Å²) in [6, 6.07) is 0. The van der Waals surface area contributed by atoms with Crippen LogP contribution in [0.4, 0.5) is 0 Å². The van der Waals surface area contributed by atoms with Crippen LogP contribution in [0.1, 0.15) is 54.4 Å². The Morgan fingerprint density at radius 3 is 2.43 bits per heavy atom. The first kappa shape index (κ1) is 22.6. The second-order valence-corrected chi connectivity index (χ2v) is 9.03. The standard InChI is InChI=1S/C25H36O3/c1-18(10-7-8-11-19(2)17-26)12-9-13-20(3)22-14-23-24(4,5)15-21(27)16-25(23,6)28-22/h7-14,21-22,26-27H,15-17H2,1-6H3. The molecule has 154 valence electrons. The fraction of sp³-hybridized carbons (Fsp3) is 0.520. The highest BCUT2D eigenvalue weighted by atomic mass is 16.5. The van der Waals surface area contributed by atoms with Gasteiger partial charge >= 0.3 is 0 Å². The summed E-state index contributed by atoms with van der Waals surface area (Å²) >= 11 is 0. The topological polar surface area (TPSA) is 49.7 Å². The van der Waals surface area contributed by atoms with Gasteiger partial charge in [0.2, 0.25) is 0 Å². The number of hydrogen-bond acceptors (Lipinski definition) is 3. The van der Waals surface area contributed by atoms with E-state index < -0.39 is 0 Å². The van der Waals surface area contributed by atoms with Gasteiger partial charge in [-0.05, 0) is 62.3 Å². The number of hydrogen-bond donors (Lipinski definition) is 2. The summed E-state index contributed by atoms with van der Waals surface area (Å²) in [6.07, 6.45) is 17.4. The quantitative estimate of drug-likeness (QED) is 0.489. The summed E-state index contributed by atoms with van der Waals surface area (Å²) < 4.78 is 6.38. The summed E-state index contributed by atoms with van der Waals surface area (Å²) in [6.45, 7) is 12.6. The highest BCUT2D eigenvalue weighted by molar-refractivity contribution is 5.37. The lowest BCUT2D eigenvalue weighted by Gasteiger charge is -2.44. The van der Waals surface area contributed by atoms with E-state index in [0.717, 1.165) is 23.1 Å². The molecule has 3 atom stereocenters. The molecular weight excluding hydrogens is 348 g/mol. The van der Waals surface area contributed by atoms with Gasteiger partial charge < -0.3 is 14.9 Å². The van der Waals surface area contributed by atoms with Gasteiger partial charge in [-0.15, -0.1) is 0 Å². The van der Waals surface area contributed by atoms with E-state index in [-0.39, 0.29) is 29.8 Å². The molecule has 0 aromatic rings. The minimum atomic E-state index is -0.370. The molecule has 0 aromatic carbocycles. The van der Waals surface area contributed by atoms with Crippen molar-refractivity contribution in [1.82, 2.24) is 0 Å². The smallest absolute Gasteiger partial charge is 0.0982 e. The lowest BCUT2D eigenvalue weighted by molar-refractivity contribution is -0.0683. The van der Waals surface area contributed by atoms with Gasteiger partial charge in [-0.1, -0.05) is 62.0 Å². The third-order valence-corrected chi connectivity index (χ3v) is 5.64. The van der Waals surface area contributed by atoms with E-state index >= 15 is 0 Å². The van der Waals surface area contributed by atoms with E-state index in [2.05, 4.69) is 58.9 Å². The molecule has 3 heteroatoms. The molecule has 0 bridgehead atoms. The van der Waals surface area contributed by atoms with Crippen molar-refractivity contribution >= 4 is 0 Å². The lowest BCUT2D eigenvalue weighted by Crippen LogP contribution is -2.45. The van der Waals surface area contributed by atoms with Gasteiger partial charge in [0.1, 0.15) is 0 Å². The SMILES string of the molecule is CC(C=CC=C(C)C1C=C2C(C)(C)CC(O)CC2(C)O1)=CC=CC=C(C)CO. The number of ether oxygens (including phenoxy) is 1. The van der Waals surface area contributed by atoms with Gasteiger partial charge in [0, 0.05) is 6.42 Å².